The average Bonchev–Trinajstić information content (AvgIpc) is 2.30. The van der Waals surface area contributed by atoms with Crippen molar-refractivity contribution in [1.82, 2.24) is 0 Å². The van der Waals surface area contributed by atoms with Gasteiger partial charge >= 0.3 is 0 Å². The fourth-order valence-electron chi connectivity index (χ4n) is 2.69. The van der Waals surface area contributed by atoms with E-state index >= 15 is 0 Å². The van der Waals surface area contributed by atoms with Gasteiger partial charge in [0.15, 0.2) is 0 Å². The quantitative estimate of drug-likeness (QED) is 0.897. The maximum absolute atomic E-state index is 14.2. The summed E-state index contributed by atoms with van der Waals surface area (Å²) < 4.78 is 27.0. The summed E-state index contributed by atoms with van der Waals surface area (Å²) in [6, 6.07) is 9.14. The molecule has 20 heavy (non-hydrogen) atoms. The van der Waals surface area contributed by atoms with E-state index < -0.39 is 11.4 Å². The first-order valence-corrected chi connectivity index (χ1v) is 6.53. The Morgan fingerprint density at radius 3 is 2.20 bits per heavy atom. The highest BCUT2D eigenvalue weighted by molar-refractivity contribution is 5.37. The summed E-state index contributed by atoms with van der Waals surface area (Å²) >= 11 is 0. The summed E-state index contributed by atoms with van der Waals surface area (Å²) in [4.78, 5) is 0. The number of hydrogen-bond acceptors (Lipinski definition) is 1. The molecular weight excluding hydrogens is 258 g/mol. The van der Waals surface area contributed by atoms with Gasteiger partial charge in [0.25, 0.3) is 0 Å². The van der Waals surface area contributed by atoms with Crippen molar-refractivity contribution < 1.29 is 13.9 Å². The SMILES string of the molecule is Cc1cc(C)c(C(C)(O)Cc2ccc(F)cc2)c(F)c1. The predicted octanol–water partition coefficient (Wildman–Crippen LogP) is 4.03. The van der Waals surface area contributed by atoms with Crippen molar-refractivity contribution in [2.45, 2.75) is 32.8 Å². The molecule has 106 valence electrons. The zero-order chi connectivity index (χ0) is 14.9. The van der Waals surface area contributed by atoms with Crippen LogP contribution in [0.1, 0.15) is 29.2 Å². The first kappa shape index (κ1) is 14.7. The molecule has 1 atom stereocenters. The lowest BCUT2D eigenvalue weighted by Gasteiger charge is -2.26. The summed E-state index contributed by atoms with van der Waals surface area (Å²) in [5, 5.41) is 10.6. The lowest BCUT2D eigenvalue weighted by atomic mass is 9.85. The summed E-state index contributed by atoms with van der Waals surface area (Å²) in [6.07, 6.45) is 0.230. The van der Waals surface area contributed by atoms with Gasteiger partial charge in [-0.2, -0.15) is 0 Å². The molecule has 0 saturated carbocycles. The highest BCUT2D eigenvalue weighted by atomic mass is 19.1. The van der Waals surface area contributed by atoms with Crippen LogP contribution in [0, 0.1) is 25.5 Å². The maximum Gasteiger partial charge on any atom is 0.129 e. The summed E-state index contributed by atoms with van der Waals surface area (Å²) in [7, 11) is 0. The fraction of sp³-hybridized carbons (Fsp3) is 0.294. The van der Waals surface area contributed by atoms with E-state index in [0.717, 1.165) is 16.7 Å². The molecule has 0 radical (unpaired) electrons. The van der Waals surface area contributed by atoms with E-state index in [1.807, 2.05) is 13.0 Å². The molecular formula is C17H18F2O. The fourth-order valence-corrected chi connectivity index (χ4v) is 2.69. The minimum absolute atomic E-state index is 0.230. The van der Waals surface area contributed by atoms with Crippen LogP contribution in [0.15, 0.2) is 36.4 Å². The lowest BCUT2D eigenvalue weighted by molar-refractivity contribution is 0.0531. The van der Waals surface area contributed by atoms with Crippen LogP contribution in [-0.2, 0) is 12.0 Å². The Bertz CT molecular complexity index is 592. The van der Waals surface area contributed by atoms with E-state index in [9.17, 15) is 13.9 Å². The van der Waals surface area contributed by atoms with E-state index in [1.165, 1.54) is 18.2 Å². The van der Waals surface area contributed by atoms with Crippen molar-refractivity contribution in [3.63, 3.8) is 0 Å². The number of aryl methyl sites for hydroxylation is 2. The highest BCUT2D eigenvalue weighted by Crippen LogP contribution is 2.31. The molecule has 0 aliphatic carbocycles. The van der Waals surface area contributed by atoms with Crippen LogP contribution in [0.2, 0.25) is 0 Å². The molecule has 0 heterocycles. The largest absolute Gasteiger partial charge is 0.385 e. The average molecular weight is 276 g/mol. The van der Waals surface area contributed by atoms with E-state index in [-0.39, 0.29) is 12.2 Å². The molecule has 0 bridgehead atoms. The second-order valence-corrected chi connectivity index (χ2v) is 5.52. The molecule has 0 spiro atoms. The Labute approximate surface area is 117 Å². The van der Waals surface area contributed by atoms with Crippen molar-refractivity contribution >= 4 is 0 Å². The minimum Gasteiger partial charge on any atom is -0.385 e. The van der Waals surface area contributed by atoms with E-state index in [0.29, 0.717) is 5.56 Å². The lowest BCUT2D eigenvalue weighted by Crippen LogP contribution is -2.27. The molecule has 0 aliphatic heterocycles. The Kier molecular flexibility index (Phi) is 3.91. The van der Waals surface area contributed by atoms with Crippen LogP contribution >= 0.6 is 0 Å². The van der Waals surface area contributed by atoms with E-state index in [1.54, 1.807) is 26.0 Å². The molecule has 2 aromatic rings. The summed E-state index contributed by atoms with van der Waals surface area (Å²) in [5.41, 5.74) is 1.26. The van der Waals surface area contributed by atoms with Gasteiger partial charge in [-0.1, -0.05) is 18.2 Å². The number of hydrogen-bond donors (Lipinski definition) is 1. The highest BCUT2D eigenvalue weighted by Gasteiger charge is 2.29. The molecule has 1 N–H and O–H groups in total. The number of halogens is 2. The van der Waals surface area contributed by atoms with Crippen molar-refractivity contribution in [1.29, 1.82) is 0 Å². The molecule has 1 nitrogen and oxygen atoms in total. The van der Waals surface area contributed by atoms with Crippen molar-refractivity contribution in [2.75, 3.05) is 0 Å². The Morgan fingerprint density at radius 1 is 1.05 bits per heavy atom. The van der Waals surface area contributed by atoms with Crippen molar-refractivity contribution in [3.05, 3.63) is 70.3 Å². The molecule has 0 aliphatic rings. The molecule has 0 aromatic heterocycles. The monoisotopic (exact) mass is 276 g/mol. The normalized spacial score (nSPS) is 14.1. The van der Waals surface area contributed by atoms with Gasteiger partial charge in [0, 0.05) is 12.0 Å². The third kappa shape index (κ3) is 3.05. The molecule has 2 rings (SSSR count). The number of aliphatic hydroxyl groups is 1. The van der Waals surface area contributed by atoms with Gasteiger partial charge in [-0.25, -0.2) is 8.78 Å². The van der Waals surface area contributed by atoms with Crippen molar-refractivity contribution in [3.8, 4) is 0 Å². The number of rotatable bonds is 3. The zero-order valence-electron chi connectivity index (χ0n) is 11.9. The molecule has 0 amide bonds. The second kappa shape index (κ2) is 5.33. The summed E-state index contributed by atoms with van der Waals surface area (Å²) in [5.74, 6) is -0.735. The first-order valence-electron chi connectivity index (χ1n) is 6.53. The molecule has 2 aromatic carbocycles. The van der Waals surface area contributed by atoms with E-state index in [4.69, 9.17) is 0 Å². The Morgan fingerprint density at radius 2 is 1.65 bits per heavy atom. The standard InChI is InChI=1S/C17H18F2O/c1-11-8-12(2)16(15(19)9-11)17(3,20)10-13-4-6-14(18)7-5-13/h4-9,20H,10H2,1-3H3. The van der Waals surface area contributed by atoms with Crippen LogP contribution in [0.5, 0.6) is 0 Å². The second-order valence-electron chi connectivity index (χ2n) is 5.52. The van der Waals surface area contributed by atoms with Gasteiger partial charge in [0.05, 0.1) is 5.60 Å². The van der Waals surface area contributed by atoms with Crippen LogP contribution < -0.4 is 0 Å². The summed E-state index contributed by atoms with van der Waals surface area (Å²) in [6.45, 7) is 5.18. The number of benzene rings is 2. The minimum atomic E-state index is -1.33. The molecule has 1 unspecified atom stereocenters. The van der Waals surface area contributed by atoms with Crippen LogP contribution in [-0.4, -0.2) is 5.11 Å². The van der Waals surface area contributed by atoms with Crippen molar-refractivity contribution in [2.24, 2.45) is 0 Å². The Hall–Kier alpha value is -1.74. The van der Waals surface area contributed by atoms with Gasteiger partial charge in [-0.15, -0.1) is 0 Å². The van der Waals surface area contributed by atoms with Crippen LogP contribution in [0.25, 0.3) is 0 Å². The first-order chi connectivity index (χ1) is 9.29. The van der Waals surface area contributed by atoms with Crippen LogP contribution in [0.4, 0.5) is 8.78 Å². The maximum atomic E-state index is 14.2. The third-order valence-electron chi connectivity index (χ3n) is 3.43. The van der Waals surface area contributed by atoms with Gasteiger partial charge in [-0.3, -0.25) is 0 Å². The van der Waals surface area contributed by atoms with Crippen LogP contribution in [0.3, 0.4) is 0 Å². The van der Waals surface area contributed by atoms with Gasteiger partial charge in [-0.05, 0) is 55.7 Å². The third-order valence-corrected chi connectivity index (χ3v) is 3.43. The molecule has 3 heteroatoms. The van der Waals surface area contributed by atoms with Gasteiger partial charge in [0.2, 0.25) is 0 Å². The smallest absolute Gasteiger partial charge is 0.129 e. The zero-order valence-corrected chi connectivity index (χ0v) is 11.9. The van der Waals surface area contributed by atoms with E-state index in [2.05, 4.69) is 0 Å². The predicted molar refractivity (Wildman–Crippen MR) is 75.5 cm³/mol. The molecule has 0 fully saturated rings. The molecule has 0 saturated heterocycles. The Balaban J connectivity index is 2.37. The van der Waals surface area contributed by atoms with Gasteiger partial charge < -0.3 is 5.11 Å². The van der Waals surface area contributed by atoms with Gasteiger partial charge in [0.1, 0.15) is 11.6 Å². The topological polar surface area (TPSA) is 20.2 Å².